The summed E-state index contributed by atoms with van der Waals surface area (Å²) in [6.07, 6.45) is 5.15. The molecule has 2 aromatic heterocycles. The lowest BCUT2D eigenvalue weighted by molar-refractivity contribution is 0.0600. The third-order valence-electron chi connectivity index (χ3n) is 2.12. The third kappa shape index (κ3) is 2.25. The molecule has 0 aliphatic rings. The van der Waals surface area contributed by atoms with Crippen LogP contribution >= 0.6 is 0 Å². The molecule has 5 heteroatoms. The lowest BCUT2D eigenvalue weighted by Crippen LogP contribution is -2.11. The second kappa shape index (κ2) is 4.57. The maximum absolute atomic E-state index is 11.2. The summed E-state index contributed by atoms with van der Waals surface area (Å²) in [4.78, 5) is 11.2. The number of hydrogen-bond acceptors (Lipinski definition) is 4. The van der Waals surface area contributed by atoms with Crippen LogP contribution in [-0.4, -0.2) is 17.8 Å². The Morgan fingerprint density at radius 1 is 1.50 bits per heavy atom. The van der Waals surface area contributed by atoms with Crippen molar-refractivity contribution in [2.75, 3.05) is 12.5 Å². The van der Waals surface area contributed by atoms with Gasteiger partial charge in [-0.3, -0.25) is 4.68 Å². The van der Waals surface area contributed by atoms with E-state index in [9.17, 15) is 4.79 Å². The van der Waals surface area contributed by atoms with Gasteiger partial charge in [0.25, 0.3) is 0 Å². The highest BCUT2D eigenvalue weighted by Gasteiger charge is 2.09. The quantitative estimate of drug-likeness (QED) is 0.795. The minimum Gasteiger partial charge on any atom is -0.466 e. The second-order valence-corrected chi connectivity index (χ2v) is 3.22. The average molecular weight is 220 g/mol. The highest BCUT2D eigenvalue weighted by Crippen LogP contribution is 2.09. The van der Waals surface area contributed by atoms with Gasteiger partial charge >= 0.3 is 5.97 Å². The molecule has 2 heterocycles. The molecule has 5 nitrogen and oxygen atoms in total. The number of carbonyl (C=O) groups is 1. The van der Waals surface area contributed by atoms with Crippen molar-refractivity contribution in [3.8, 4) is 0 Å². The Balaban J connectivity index is 1.95. The third-order valence-corrected chi connectivity index (χ3v) is 2.12. The fourth-order valence-electron chi connectivity index (χ4n) is 1.31. The van der Waals surface area contributed by atoms with E-state index in [0.29, 0.717) is 17.9 Å². The zero-order valence-corrected chi connectivity index (χ0v) is 8.84. The molecule has 0 aliphatic carbocycles. The van der Waals surface area contributed by atoms with Gasteiger partial charge in [0.1, 0.15) is 12.0 Å². The van der Waals surface area contributed by atoms with Gasteiger partial charge in [0, 0.05) is 12.4 Å². The SMILES string of the molecule is COC(=O)c1coc(CNn2cccc2)c1. The van der Waals surface area contributed by atoms with Crippen molar-refractivity contribution in [1.82, 2.24) is 4.68 Å². The highest BCUT2D eigenvalue weighted by atomic mass is 16.5. The van der Waals surface area contributed by atoms with Crippen molar-refractivity contribution < 1.29 is 13.9 Å². The predicted octanol–water partition coefficient (Wildman–Crippen LogP) is 1.61. The van der Waals surface area contributed by atoms with Gasteiger partial charge in [-0.25, -0.2) is 4.79 Å². The number of esters is 1. The van der Waals surface area contributed by atoms with Crippen molar-refractivity contribution >= 4 is 5.97 Å². The number of rotatable bonds is 4. The summed E-state index contributed by atoms with van der Waals surface area (Å²) in [5.74, 6) is 0.282. The standard InChI is InChI=1S/C11H12N2O3/c1-15-11(14)9-6-10(16-8-9)7-12-13-4-2-3-5-13/h2-6,8,12H,7H2,1H3. The molecule has 0 saturated carbocycles. The van der Waals surface area contributed by atoms with Crippen LogP contribution in [0.4, 0.5) is 0 Å². The summed E-state index contributed by atoms with van der Waals surface area (Å²) in [5.41, 5.74) is 3.50. The van der Waals surface area contributed by atoms with Crippen molar-refractivity contribution in [3.05, 3.63) is 48.2 Å². The van der Waals surface area contributed by atoms with E-state index in [-0.39, 0.29) is 0 Å². The van der Waals surface area contributed by atoms with E-state index in [1.165, 1.54) is 13.4 Å². The van der Waals surface area contributed by atoms with E-state index in [2.05, 4.69) is 10.2 Å². The van der Waals surface area contributed by atoms with Crippen molar-refractivity contribution in [3.63, 3.8) is 0 Å². The number of furan rings is 1. The molecule has 0 amide bonds. The van der Waals surface area contributed by atoms with Gasteiger partial charge < -0.3 is 14.6 Å². The normalized spacial score (nSPS) is 10.1. The molecule has 0 atom stereocenters. The van der Waals surface area contributed by atoms with Gasteiger partial charge in [0.15, 0.2) is 0 Å². The number of nitrogens with zero attached hydrogens (tertiary/aromatic N) is 1. The Bertz CT molecular complexity index is 459. The highest BCUT2D eigenvalue weighted by molar-refractivity contribution is 5.88. The fraction of sp³-hybridized carbons (Fsp3) is 0.182. The van der Waals surface area contributed by atoms with Gasteiger partial charge in [-0.2, -0.15) is 0 Å². The monoisotopic (exact) mass is 220 g/mol. The largest absolute Gasteiger partial charge is 0.466 e. The molecule has 0 aliphatic heterocycles. The Morgan fingerprint density at radius 2 is 2.25 bits per heavy atom. The van der Waals surface area contributed by atoms with Crippen molar-refractivity contribution in [2.24, 2.45) is 0 Å². The zero-order valence-electron chi connectivity index (χ0n) is 8.84. The molecule has 0 aromatic carbocycles. The summed E-state index contributed by atoms with van der Waals surface area (Å²) in [5, 5.41) is 0. The van der Waals surface area contributed by atoms with Crippen LogP contribution in [-0.2, 0) is 11.3 Å². The molecule has 0 bridgehead atoms. The molecule has 2 rings (SSSR count). The van der Waals surface area contributed by atoms with Gasteiger partial charge in [-0.1, -0.05) is 0 Å². The van der Waals surface area contributed by atoms with E-state index in [1.54, 1.807) is 10.7 Å². The predicted molar refractivity (Wildman–Crippen MR) is 57.5 cm³/mol. The Morgan fingerprint density at radius 3 is 2.94 bits per heavy atom. The first-order valence-corrected chi connectivity index (χ1v) is 4.82. The van der Waals surface area contributed by atoms with Crippen LogP contribution in [0.5, 0.6) is 0 Å². The van der Waals surface area contributed by atoms with Gasteiger partial charge in [0.05, 0.1) is 19.2 Å². The second-order valence-electron chi connectivity index (χ2n) is 3.22. The minimum absolute atomic E-state index is 0.393. The van der Waals surface area contributed by atoms with Crippen LogP contribution in [0.3, 0.4) is 0 Å². The first-order chi connectivity index (χ1) is 7.79. The average Bonchev–Trinajstić information content (AvgIpc) is 2.96. The molecule has 16 heavy (non-hydrogen) atoms. The Labute approximate surface area is 92.6 Å². The van der Waals surface area contributed by atoms with Crippen molar-refractivity contribution in [1.29, 1.82) is 0 Å². The Hall–Kier alpha value is -2.17. The van der Waals surface area contributed by atoms with Crippen LogP contribution in [0.25, 0.3) is 0 Å². The molecule has 0 unspecified atom stereocenters. The van der Waals surface area contributed by atoms with Gasteiger partial charge in [0.2, 0.25) is 0 Å². The number of ether oxygens (including phenoxy) is 1. The first-order valence-electron chi connectivity index (χ1n) is 4.82. The smallest absolute Gasteiger partial charge is 0.341 e. The van der Waals surface area contributed by atoms with Gasteiger partial charge in [-0.05, 0) is 18.2 Å². The fourth-order valence-corrected chi connectivity index (χ4v) is 1.31. The first kappa shape index (κ1) is 10.4. The number of aromatic nitrogens is 1. The van der Waals surface area contributed by atoms with Crippen LogP contribution in [0, 0.1) is 0 Å². The molecule has 0 radical (unpaired) electrons. The molecular weight excluding hydrogens is 208 g/mol. The molecular formula is C11H12N2O3. The van der Waals surface area contributed by atoms with E-state index in [4.69, 9.17) is 4.42 Å². The zero-order chi connectivity index (χ0) is 11.4. The van der Waals surface area contributed by atoms with Gasteiger partial charge in [-0.15, -0.1) is 0 Å². The molecule has 0 spiro atoms. The maximum Gasteiger partial charge on any atom is 0.341 e. The van der Waals surface area contributed by atoms with E-state index in [0.717, 1.165) is 0 Å². The van der Waals surface area contributed by atoms with Crippen LogP contribution in [0.15, 0.2) is 41.3 Å². The molecule has 2 aromatic rings. The lowest BCUT2D eigenvalue weighted by atomic mass is 10.3. The minimum atomic E-state index is -0.393. The van der Waals surface area contributed by atoms with E-state index < -0.39 is 5.97 Å². The maximum atomic E-state index is 11.2. The summed E-state index contributed by atoms with van der Waals surface area (Å²) < 4.78 is 11.6. The number of nitrogens with one attached hydrogen (secondary N) is 1. The topological polar surface area (TPSA) is 56.4 Å². The molecule has 0 saturated heterocycles. The number of carbonyl (C=O) groups excluding carboxylic acids is 1. The molecule has 1 N–H and O–H groups in total. The van der Waals surface area contributed by atoms with Crippen LogP contribution < -0.4 is 5.43 Å². The summed E-state index contributed by atoms with van der Waals surface area (Å²) in [7, 11) is 1.34. The Kier molecular flexibility index (Phi) is 2.95. The van der Waals surface area contributed by atoms with Crippen LogP contribution in [0.2, 0.25) is 0 Å². The van der Waals surface area contributed by atoms with Crippen molar-refractivity contribution in [2.45, 2.75) is 6.54 Å². The molecule has 0 fully saturated rings. The lowest BCUT2D eigenvalue weighted by Gasteiger charge is -2.03. The summed E-state index contributed by atoms with van der Waals surface area (Å²) in [6, 6.07) is 5.48. The van der Waals surface area contributed by atoms with Crippen LogP contribution in [0.1, 0.15) is 16.1 Å². The summed E-state index contributed by atoms with van der Waals surface area (Å²) in [6.45, 7) is 0.506. The van der Waals surface area contributed by atoms with E-state index >= 15 is 0 Å². The van der Waals surface area contributed by atoms with E-state index in [1.807, 2.05) is 24.5 Å². The summed E-state index contributed by atoms with van der Waals surface area (Å²) >= 11 is 0. The number of methoxy groups -OCH3 is 1. The molecule has 84 valence electrons. The number of hydrogen-bond donors (Lipinski definition) is 1.